The average Bonchev–Trinajstić information content (AvgIpc) is 3.98. The maximum Gasteiger partial charge on any atom is 0.164 e. The summed E-state index contributed by atoms with van der Waals surface area (Å²) in [6.07, 6.45) is 0. The van der Waals surface area contributed by atoms with Crippen molar-refractivity contribution in [1.29, 1.82) is 0 Å². The molecule has 2 heterocycles. The summed E-state index contributed by atoms with van der Waals surface area (Å²) in [6.45, 7) is 0. The molecular formula is C58H35N3O. The van der Waals surface area contributed by atoms with Crippen molar-refractivity contribution < 1.29 is 4.42 Å². The number of fused-ring (bicyclic) bond motifs is 13. The molecule has 2 aliphatic rings. The minimum Gasteiger partial charge on any atom is -0.456 e. The molecule has 0 bridgehead atoms. The highest BCUT2D eigenvalue weighted by Gasteiger charge is 2.51. The van der Waals surface area contributed by atoms with Gasteiger partial charge in [0.1, 0.15) is 11.2 Å². The lowest BCUT2D eigenvalue weighted by atomic mass is 9.70. The summed E-state index contributed by atoms with van der Waals surface area (Å²) in [5, 5.41) is 1.98. The fourth-order valence-corrected chi connectivity index (χ4v) is 10.3. The van der Waals surface area contributed by atoms with Crippen LogP contribution in [0.2, 0.25) is 0 Å². The van der Waals surface area contributed by atoms with E-state index in [1.54, 1.807) is 0 Å². The predicted molar refractivity (Wildman–Crippen MR) is 251 cm³/mol. The zero-order valence-electron chi connectivity index (χ0n) is 33.5. The molecule has 13 rings (SSSR count). The van der Waals surface area contributed by atoms with Crippen LogP contribution in [-0.4, -0.2) is 15.0 Å². The van der Waals surface area contributed by atoms with Crippen molar-refractivity contribution in [2.45, 2.75) is 5.41 Å². The van der Waals surface area contributed by atoms with E-state index in [2.05, 4.69) is 158 Å². The van der Waals surface area contributed by atoms with Gasteiger partial charge in [-0.2, -0.15) is 0 Å². The van der Waals surface area contributed by atoms with Gasteiger partial charge in [-0.1, -0.05) is 188 Å². The smallest absolute Gasteiger partial charge is 0.164 e. The first kappa shape index (κ1) is 34.6. The van der Waals surface area contributed by atoms with Crippen molar-refractivity contribution >= 4 is 21.9 Å². The third kappa shape index (κ3) is 4.98. The van der Waals surface area contributed by atoms with Crippen molar-refractivity contribution in [3.05, 3.63) is 235 Å². The van der Waals surface area contributed by atoms with Gasteiger partial charge in [0.15, 0.2) is 17.5 Å². The highest BCUT2D eigenvalue weighted by atomic mass is 16.3. The third-order valence-electron chi connectivity index (χ3n) is 13.0. The van der Waals surface area contributed by atoms with Crippen LogP contribution in [0.15, 0.2) is 217 Å². The molecule has 11 aromatic rings. The van der Waals surface area contributed by atoms with E-state index < -0.39 is 5.41 Å². The first-order chi connectivity index (χ1) is 30.7. The van der Waals surface area contributed by atoms with E-state index in [0.717, 1.165) is 60.9 Å². The highest BCUT2D eigenvalue weighted by molar-refractivity contribution is 6.13. The maximum atomic E-state index is 6.61. The molecule has 288 valence electrons. The zero-order valence-corrected chi connectivity index (χ0v) is 33.5. The molecule has 2 aromatic heterocycles. The van der Waals surface area contributed by atoms with Crippen molar-refractivity contribution in [3.8, 4) is 78.7 Å². The van der Waals surface area contributed by atoms with Crippen LogP contribution in [0.1, 0.15) is 22.3 Å². The Morgan fingerprint density at radius 1 is 0.290 bits per heavy atom. The summed E-state index contributed by atoms with van der Waals surface area (Å²) in [5.41, 5.74) is 18.8. The van der Waals surface area contributed by atoms with Gasteiger partial charge in [0.25, 0.3) is 0 Å². The Balaban J connectivity index is 1.01. The van der Waals surface area contributed by atoms with E-state index in [1.165, 1.54) is 44.5 Å². The van der Waals surface area contributed by atoms with Crippen LogP contribution in [0.25, 0.3) is 101 Å². The van der Waals surface area contributed by atoms with Gasteiger partial charge in [-0.25, -0.2) is 15.0 Å². The summed E-state index contributed by atoms with van der Waals surface area (Å²) < 4.78 is 6.61. The Kier molecular flexibility index (Phi) is 7.49. The van der Waals surface area contributed by atoms with Gasteiger partial charge in [-0.3, -0.25) is 0 Å². The topological polar surface area (TPSA) is 51.8 Å². The van der Waals surface area contributed by atoms with E-state index in [-0.39, 0.29) is 0 Å². The lowest BCUT2D eigenvalue weighted by Crippen LogP contribution is -2.25. The second kappa shape index (κ2) is 13.4. The molecule has 0 N–H and O–H groups in total. The van der Waals surface area contributed by atoms with Gasteiger partial charge in [-0.15, -0.1) is 0 Å². The van der Waals surface area contributed by atoms with Crippen LogP contribution in [-0.2, 0) is 5.41 Å². The number of nitrogens with zero attached hydrogens (tertiary/aromatic N) is 3. The summed E-state index contributed by atoms with van der Waals surface area (Å²) >= 11 is 0. The van der Waals surface area contributed by atoms with E-state index in [9.17, 15) is 0 Å². The Hall–Kier alpha value is -8.21. The zero-order chi connectivity index (χ0) is 40.8. The summed E-state index contributed by atoms with van der Waals surface area (Å²) in [7, 11) is 0. The third-order valence-corrected chi connectivity index (χ3v) is 13.0. The fraction of sp³-hybridized carbons (Fsp3) is 0.0172. The van der Waals surface area contributed by atoms with E-state index in [1.807, 2.05) is 54.6 Å². The number of rotatable bonds is 5. The van der Waals surface area contributed by atoms with Gasteiger partial charge < -0.3 is 4.42 Å². The van der Waals surface area contributed by atoms with Gasteiger partial charge in [0, 0.05) is 27.5 Å². The Bertz CT molecular complexity index is 3530. The summed E-state index contributed by atoms with van der Waals surface area (Å²) in [4.78, 5) is 15.6. The monoisotopic (exact) mass is 789 g/mol. The predicted octanol–water partition coefficient (Wildman–Crippen LogP) is 14.4. The molecule has 0 amide bonds. The van der Waals surface area contributed by atoms with Gasteiger partial charge in [0.05, 0.1) is 5.41 Å². The van der Waals surface area contributed by atoms with Crippen LogP contribution in [0.4, 0.5) is 0 Å². The highest BCUT2D eigenvalue weighted by Crippen LogP contribution is 2.63. The molecule has 1 spiro atoms. The average molecular weight is 790 g/mol. The number of aromatic nitrogens is 3. The molecule has 0 unspecified atom stereocenters. The Labute approximate surface area is 358 Å². The number of furan rings is 1. The van der Waals surface area contributed by atoms with Crippen molar-refractivity contribution in [2.75, 3.05) is 0 Å². The molecule has 0 saturated carbocycles. The first-order valence-electron chi connectivity index (χ1n) is 21.1. The quantitative estimate of drug-likeness (QED) is 0.174. The lowest BCUT2D eigenvalue weighted by Gasteiger charge is -2.30. The standard InChI is InChI=1S/C58H35N3O/c1-3-16-36(17-4-1)40-20-7-8-24-45(40)56-59-55(37-18-5-2-6-19-37)60-57(61-56)46-25-15-29-53-54(46)47-34-38(31-33-52(47)62-53)39-30-32-44-43-23-11-14-28-50(43)58(51(44)35-39)48-26-12-9-21-41(48)42-22-10-13-27-49(42)58/h1-35H. The van der Waals surface area contributed by atoms with Crippen LogP contribution in [0, 0.1) is 0 Å². The molecule has 2 aliphatic carbocycles. The molecule has 0 saturated heterocycles. The number of hydrogen-bond donors (Lipinski definition) is 0. The molecule has 0 atom stereocenters. The lowest BCUT2D eigenvalue weighted by molar-refractivity contribution is 0.669. The van der Waals surface area contributed by atoms with E-state index in [4.69, 9.17) is 19.4 Å². The number of hydrogen-bond acceptors (Lipinski definition) is 4. The maximum absolute atomic E-state index is 6.61. The normalized spacial score (nSPS) is 13.0. The van der Waals surface area contributed by atoms with Crippen LogP contribution < -0.4 is 0 Å². The van der Waals surface area contributed by atoms with Crippen molar-refractivity contribution in [2.24, 2.45) is 0 Å². The number of benzene rings is 9. The van der Waals surface area contributed by atoms with Crippen LogP contribution in [0.5, 0.6) is 0 Å². The summed E-state index contributed by atoms with van der Waals surface area (Å²) in [6, 6.07) is 75.6. The molecular weight excluding hydrogens is 755 g/mol. The van der Waals surface area contributed by atoms with Crippen LogP contribution >= 0.6 is 0 Å². The fourth-order valence-electron chi connectivity index (χ4n) is 10.3. The molecule has 0 aliphatic heterocycles. The van der Waals surface area contributed by atoms with E-state index in [0.29, 0.717) is 17.5 Å². The van der Waals surface area contributed by atoms with E-state index >= 15 is 0 Å². The van der Waals surface area contributed by atoms with Crippen molar-refractivity contribution in [1.82, 2.24) is 15.0 Å². The van der Waals surface area contributed by atoms with Gasteiger partial charge in [0.2, 0.25) is 0 Å². The minimum atomic E-state index is -0.416. The minimum absolute atomic E-state index is 0.416. The molecule has 0 radical (unpaired) electrons. The first-order valence-corrected chi connectivity index (χ1v) is 21.1. The Morgan fingerprint density at radius 3 is 1.44 bits per heavy atom. The molecule has 9 aromatic carbocycles. The second-order valence-electron chi connectivity index (χ2n) is 16.2. The van der Waals surface area contributed by atoms with Gasteiger partial charge in [-0.05, 0) is 91.0 Å². The van der Waals surface area contributed by atoms with Gasteiger partial charge >= 0.3 is 0 Å². The SMILES string of the molecule is c1ccc(-c2nc(-c3ccccc3-c3ccccc3)nc(-c3cccc4oc5ccc(-c6ccc7c(c6)C6(c8ccccc8-c8ccccc86)c6ccccc6-7)cc5c34)n2)cc1. The molecule has 4 nitrogen and oxygen atoms in total. The second-order valence-corrected chi connectivity index (χ2v) is 16.2. The molecule has 4 heteroatoms. The largest absolute Gasteiger partial charge is 0.456 e. The molecule has 62 heavy (non-hydrogen) atoms. The van der Waals surface area contributed by atoms with Crippen molar-refractivity contribution in [3.63, 3.8) is 0 Å². The van der Waals surface area contributed by atoms with Crippen LogP contribution in [0.3, 0.4) is 0 Å². The summed E-state index contributed by atoms with van der Waals surface area (Å²) in [5.74, 6) is 1.82. The Morgan fingerprint density at radius 2 is 0.774 bits per heavy atom. The molecule has 0 fully saturated rings.